The van der Waals surface area contributed by atoms with Crippen molar-refractivity contribution in [2.24, 2.45) is 0 Å². The van der Waals surface area contributed by atoms with Crippen molar-refractivity contribution in [3.05, 3.63) is 0 Å². The summed E-state index contributed by atoms with van der Waals surface area (Å²) in [6.45, 7) is 2.52. The third kappa shape index (κ3) is 9.19. The molecule has 0 saturated heterocycles. The fourth-order valence-electron chi connectivity index (χ4n) is 1.21. The fraction of sp³-hybridized carbons (Fsp3) is 0.636. The van der Waals surface area contributed by atoms with Gasteiger partial charge in [-0.25, -0.2) is 9.59 Å². The van der Waals surface area contributed by atoms with Gasteiger partial charge in [-0.2, -0.15) is 0 Å². The SMILES string of the molecule is COC(=O)C(CSSCC(NC(C)=O)C(=O)O)NC(C)=O. The average molecular weight is 338 g/mol. The van der Waals surface area contributed by atoms with Crippen molar-refractivity contribution in [3.63, 3.8) is 0 Å². The molecule has 2 atom stereocenters. The smallest absolute Gasteiger partial charge is 0.329 e. The summed E-state index contributed by atoms with van der Waals surface area (Å²) in [6, 6.07) is -1.80. The highest BCUT2D eigenvalue weighted by Gasteiger charge is 2.22. The molecule has 0 aromatic carbocycles. The van der Waals surface area contributed by atoms with Crippen LogP contribution in [0.4, 0.5) is 0 Å². The maximum atomic E-state index is 11.4. The molecule has 0 heterocycles. The second-order valence-corrected chi connectivity index (χ2v) is 6.49. The highest BCUT2D eigenvalue weighted by Crippen LogP contribution is 2.23. The number of carbonyl (C=O) groups is 4. The fourth-order valence-corrected chi connectivity index (χ4v) is 3.51. The largest absolute Gasteiger partial charge is 0.480 e. The molecule has 0 rings (SSSR count). The van der Waals surface area contributed by atoms with Gasteiger partial charge in [-0.3, -0.25) is 9.59 Å². The maximum absolute atomic E-state index is 11.4. The summed E-state index contributed by atoms with van der Waals surface area (Å²) in [6.07, 6.45) is 0. The Bertz CT molecular complexity index is 404. The molecule has 0 saturated carbocycles. The number of hydrogen-bond acceptors (Lipinski definition) is 7. The Labute approximate surface area is 130 Å². The number of amides is 2. The lowest BCUT2D eigenvalue weighted by atomic mass is 10.3. The molecule has 2 unspecified atom stereocenters. The molecule has 0 aliphatic heterocycles. The highest BCUT2D eigenvalue weighted by atomic mass is 33.1. The Balaban J connectivity index is 4.24. The van der Waals surface area contributed by atoms with Crippen molar-refractivity contribution in [3.8, 4) is 0 Å². The first kappa shape index (κ1) is 19.6. The monoisotopic (exact) mass is 338 g/mol. The van der Waals surface area contributed by atoms with Crippen molar-refractivity contribution in [2.45, 2.75) is 25.9 Å². The van der Waals surface area contributed by atoms with E-state index in [1.807, 2.05) is 0 Å². The van der Waals surface area contributed by atoms with Gasteiger partial charge in [0.2, 0.25) is 11.8 Å². The lowest BCUT2D eigenvalue weighted by molar-refractivity contribution is -0.144. The molecular formula is C11H18N2O6S2. The number of ether oxygens (including phenoxy) is 1. The Morgan fingerprint density at radius 3 is 1.81 bits per heavy atom. The summed E-state index contributed by atoms with van der Waals surface area (Å²) < 4.78 is 4.55. The Morgan fingerprint density at radius 2 is 1.43 bits per heavy atom. The maximum Gasteiger partial charge on any atom is 0.329 e. The topological polar surface area (TPSA) is 122 Å². The van der Waals surface area contributed by atoms with E-state index < -0.39 is 29.9 Å². The summed E-state index contributed by atoms with van der Waals surface area (Å²) in [4.78, 5) is 44.1. The quantitative estimate of drug-likeness (QED) is 0.296. The van der Waals surface area contributed by atoms with Gasteiger partial charge in [-0.15, -0.1) is 0 Å². The van der Waals surface area contributed by atoms with Crippen molar-refractivity contribution in [2.75, 3.05) is 18.6 Å². The predicted octanol–water partition coefficient (Wildman–Crippen LogP) is -0.365. The van der Waals surface area contributed by atoms with E-state index in [1.165, 1.54) is 42.5 Å². The van der Waals surface area contributed by atoms with E-state index in [-0.39, 0.29) is 17.4 Å². The summed E-state index contributed by atoms with van der Waals surface area (Å²) in [5, 5.41) is 13.6. The molecule has 0 radical (unpaired) electrons. The van der Waals surface area contributed by atoms with Gasteiger partial charge in [0, 0.05) is 25.4 Å². The number of carboxylic acids is 1. The van der Waals surface area contributed by atoms with Crippen LogP contribution >= 0.6 is 21.6 Å². The number of esters is 1. The van der Waals surface area contributed by atoms with E-state index in [0.717, 1.165) is 0 Å². The lowest BCUT2D eigenvalue weighted by Gasteiger charge is -2.16. The van der Waals surface area contributed by atoms with E-state index in [1.54, 1.807) is 0 Å². The second-order valence-electron chi connectivity index (χ2n) is 3.94. The summed E-state index contributed by atoms with van der Waals surface area (Å²) >= 11 is 0. The number of carboxylic acid groups (broad SMARTS) is 1. The molecule has 0 fully saturated rings. The molecule has 0 bridgehead atoms. The Hall–Kier alpha value is -1.42. The van der Waals surface area contributed by atoms with Crippen LogP contribution in [-0.4, -0.2) is 59.6 Å². The number of carbonyl (C=O) groups excluding carboxylic acids is 3. The number of hydrogen-bond donors (Lipinski definition) is 3. The second kappa shape index (κ2) is 10.3. The number of nitrogens with one attached hydrogen (secondary N) is 2. The minimum atomic E-state index is -1.13. The molecule has 21 heavy (non-hydrogen) atoms. The van der Waals surface area contributed by atoms with Crippen LogP contribution in [0.2, 0.25) is 0 Å². The van der Waals surface area contributed by atoms with E-state index in [4.69, 9.17) is 5.11 Å². The molecule has 0 spiro atoms. The van der Waals surface area contributed by atoms with Gasteiger partial charge >= 0.3 is 11.9 Å². The molecule has 120 valence electrons. The number of rotatable bonds is 9. The van der Waals surface area contributed by atoms with Crippen LogP contribution in [0, 0.1) is 0 Å². The molecule has 8 nitrogen and oxygen atoms in total. The van der Waals surface area contributed by atoms with Gasteiger partial charge in [0.25, 0.3) is 0 Å². The van der Waals surface area contributed by atoms with Gasteiger partial charge in [0.1, 0.15) is 12.1 Å². The van der Waals surface area contributed by atoms with Crippen LogP contribution in [0.15, 0.2) is 0 Å². The standard InChI is InChI=1S/C11H18N2O6S2/c1-6(14)12-8(10(16)17)4-20-21-5-9(11(18)19-3)13-7(2)15/h8-9H,4-5H2,1-3H3,(H,12,14)(H,13,15)(H,16,17). The molecule has 0 aromatic rings. The zero-order valence-corrected chi connectivity index (χ0v) is 13.5. The first-order valence-electron chi connectivity index (χ1n) is 5.87. The summed E-state index contributed by atoms with van der Waals surface area (Å²) in [7, 11) is 3.60. The third-order valence-electron chi connectivity index (χ3n) is 2.09. The highest BCUT2D eigenvalue weighted by molar-refractivity contribution is 8.76. The minimum absolute atomic E-state index is 0.132. The Morgan fingerprint density at radius 1 is 1.00 bits per heavy atom. The molecule has 3 N–H and O–H groups in total. The van der Waals surface area contributed by atoms with Gasteiger partial charge in [0.15, 0.2) is 0 Å². The summed E-state index contributed by atoms with van der Waals surface area (Å²) in [5.74, 6) is -2.15. The van der Waals surface area contributed by atoms with Gasteiger partial charge in [-0.05, 0) is 0 Å². The van der Waals surface area contributed by atoms with Crippen LogP contribution < -0.4 is 10.6 Å². The normalized spacial score (nSPS) is 12.9. The van der Waals surface area contributed by atoms with E-state index in [2.05, 4.69) is 15.4 Å². The van der Waals surface area contributed by atoms with Crippen molar-refractivity contribution >= 4 is 45.3 Å². The van der Waals surface area contributed by atoms with E-state index in [0.29, 0.717) is 0 Å². The van der Waals surface area contributed by atoms with Gasteiger partial charge < -0.3 is 20.5 Å². The molecule has 0 aliphatic rings. The van der Waals surface area contributed by atoms with Crippen LogP contribution in [0.25, 0.3) is 0 Å². The lowest BCUT2D eigenvalue weighted by Crippen LogP contribution is -2.42. The molecule has 0 aliphatic carbocycles. The van der Waals surface area contributed by atoms with E-state index >= 15 is 0 Å². The van der Waals surface area contributed by atoms with Crippen molar-refractivity contribution < 1.29 is 29.0 Å². The number of methoxy groups -OCH3 is 1. The first-order valence-corrected chi connectivity index (χ1v) is 8.36. The molecule has 0 aromatic heterocycles. The Kier molecular flexibility index (Phi) is 9.63. The minimum Gasteiger partial charge on any atom is -0.480 e. The van der Waals surface area contributed by atoms with Gasteiger partial charge in [-0.1, -0.05) is 21.6 Å². The van der Waals surface area contributed by atoms with Crippen LogP contribution in [0.3, 0.4) is 0 Å². The molecular weight excluding hydrogens is 320 g/mol. The number of aliphatic carboxylic acids is 1. The van der Waals surface area contributed by atoms with Crippen molar-refractivity contribution in [1.82, 2.24) is 10.6 Å². The van der Waals surface area contributed by atoms with Crippen LogP contribution in [0.1, 0.15) is 13.8 Å². The van der Waals surface area contributed by atoms with E-state index in [9.17, 15) is 19.2 Å². The summed E-state index contributed by atoms with van der Waals surface area (Å²) in [5.41, 5.74) is 0. The predicted molar refractivity (Wildman–Crippen MR) is 79.8 cm³/mol. The molecule has 10 heteroatoms. The third-order valence-corrected chi connectivity index (χ3v) is 4.51. The average Bonchev–Trinajstić information content (AvgIpc) is 2.38. The molecule has 2 amide bonds. The van der Waals surface area contributed by atoms with Crippen LogP contribution in [-0.2, 0) is 23.9 Å². The van der Waals surface area contributed by atoms with Crippen LogP contribution in [0.5, 0.6) is 0 Å². The zero-order chi connectivity index (χ0) is 16.4. The first-order chi connectivity index (χ1) is 9.77. The van der Waals surface area contributed by atoms with Crippen molar-refractivity contribution in [1.29, 1.82) is 0 Å². The zero-order valence-electron chi connectivity index (χ0n) is 11.9. The van der Waals surface area contributed by atoms with Gasteiger partial charge in [0.05, 0.1) is 7.11 Å².